The van der Waals surface area contributed by atoms with Gasteiger partial charge in [0.15, 0.2) is 5.96 Å². The fourth-order valence-corrected chi connectivity index (χ4v) is 2.06. The molecule has 0 saturated carbocycles. The Morgan fingerprint density at radius 3 is 2.55 bits per heavy atom. The summed E-state index contributed by atoms with van der Waals surface area (Å²) in [6, 6.07) is 9.87. The number of likely N-dealkylation sites (tertiary alicyclic amines) is 1. The second-order valence-corrected chi connectivity index (χ2v) is 4.63. The molecule has 1 aromatic rings. The Bertz CT molecular complexity index is 444. The molecule has 0 atom stereocenters. The number of benzene rings is 1. The second-order valence-electron chi connectivity index (χ2n) is 4.63. The molecule has 1 aromatic carbocycles. The molecule has 1 heterocycles. The minimum Gasteiger partial charge on any atom is -0.370 e. The molecule has 0 aromatic heterocycles. The maximum Gasteiger partial charge on any atom is 0.241 e. The molecule has 0 aliphatic carbocycles. The van der Waals surface area contributed by atoms with Crippen LogP contribution in [0.25, 0.3) is 0 Å². The van der Waals surface area contributed by atoms with E-state index in [1.54, 1.807) is 0 Å². The smallest absolute Gasteiger partial charge is 0.241 e. The first-order valence-electron chi connectivity index (χ1n) is 6.61. The first-order valence-corrected chi connectivity index (χ1v) is 6.61. The average molecular weight is 341 g/mol. The Labute approximate surface area is 130 Å². The van der Waals surface area contributed by atoms with Crippen LogP contribution in [0, 0.1) is 0 Å². The summed E-state index contributed by atoms with van der Waals surface area (Å²) in [6.07, 6.45) is 2.20. The number of aliphatic imine (C=N–C) groups is 1. The summed E-state index contributed by atoms with van der Waals surface area (Å²) in [7, 11) is 0. The van der Waals surface area contributed by atoms with Crippen molar-refractivity contribution in [1.82, 2.24) is 10.2 Å². The predicted octanol–water partition coefficient (Wildman–Crippen LogP) is 1.29. The number of halogens is 1. The van der Waals surface area contributed by atoms with Gasteiger partial charge in [-0.3, -0.25) is 4.79 Å². The number of hydrogen-bond acceptors (Lipinski definition) is 2. The third kappa shape index (κ3) is 5.21. The van der Waals surface area contributed by atoms with Crippen LogP contribution in [0.4, 0.5) is 0 Å². The van der Waals surface area contributed by atoms with E-state index in [4.69, 9.17) is 5.73 Å². The standard InChI is InChI=1S/C14H20N4O.BrH/c15-14(16-10-12-6-2-1-3-7-12)17-11-13(19)18-8-4-5-9-18;/h1-3,6-7H,4-5,8-11H2,(H3,15,16,17);1H. The van der Waals surface area contributed by atoms with E-state index in [-0.39, 0.29) is 29.4 Å². The number of nitrogens with one attached hydrogen (secondary N) is 1. The molecule has 1 fully saturated rings. The van der Waals surface area contributed by atoms with Crippen molar-refractivity contribution in [2.24, 2.45) is 10.7 Å². The van der Waals surface area contributed by atoms with E-state index in [0.717, 1.165) is 31.5 Å². The van der Waals surface area contributed by atoms with E-state index < -0.39 is 0 Å². The fourth-order valence-electron chi connectivity index (χ4n) is 2.06. The Kier molecular flexibility index (Phi) is 7.08. The lowest BCUT2D eigenvalue weighted by molar-refractivity contribution is -0.128. The molecule has 5 nitrogen and oxygen atoms in total. The van der Waals surface area contributed by atoms with Crippen molar-refractivity contribution in [3.05, 3.63) is 35.9 Å². The highest BCUT2D eigenvalue weighted by molar-refractivity contribution is 8.93. The van der Waals surface area contributed by atoms with Gasteiger partial charge >= 0.3 is 0 Å². The average Bonchev–Trinajstić information content (AvgIpc) is 2.98. The molecule has 20 heavy (non-hydrogen) atoms. The zero-order valence-electron chi connectivity index (χ0n) is 11.4. The number of hydrogen-bond donors (Lipinski definition) is 2. The number of nitrogens with two attached hydrogens (primary N) is 1. The van der Waals surface area contributed by atoms with Gasteiger partial charge in [-0.1, -0.05) is 30.3 Å². The van der Waals surface area contributed by atoms with Crippen LogP contribution in [0.5, 0.6) is 0 Å². The van der Waals surface area contributed by atoms with Gasteiger partial charge in [0, 0.05) is 13.1 Å². The molecule has 2 rings (SSSR count). The minimum atomic E-state index is 0. The Morgan fingerprint density at radius 1 is 1.25 bits per heavy atom. The van der Waals surface area contributed by atoms with Gasteiger partial charge in [-0.2, -0.15) is 0 Å². The molecule has 1 aliphatic heterocycles. The Hall–Kier alpha value is -1.56. The van der Waals surface area contributed by atoms with Crippen molar-refractivity contribution in [2.75, 3.05) is 19.6 Å². The van der Waals surface area contributed by atoms with Crippen LogP contribution in [0.1, 0.15) is 18.4 Å². The number of guanidine groups is 1. The monoisotopic (exact) mass is 340 g/mol. The summed E-state index contributed by atoms with van der Waals surface area (Å²) in [4.78, 5) is 17.8. The Balaban J connectivity index is 0.00000200. The van der Waals surface area contributed by atoms with Crippen molar-refractivity contribution in [3.8, 4) is 0 Å². The van der Waals surface area contributed by atoms with Crippen molar-refractivity contribution in [1.29, 1.82) is 0 Å². The summed E-state index contributed by atoms with van der Waals surface area (Å²) >= 11 is 0. The van der Waals surface area contributed by atoms with Crippen molar-refractivity contribution in [2.45, 2.75) is 19.4 Å². The van der Waals surface area contributed by atoms with Crippen molar-refractivity contribution in [3.63, 3.8) is 0 Å². The molecule has 110 valence electrons. The van der Waals surface area contributed by atoms with Crippen LogP contribution in [-0.4, -0.2) is 36.4 Å². The topological polar surface area (TPSA) is 70.7 Å². The van der Waals surface area contributed by atoms with Crippen molar-refractivity contribution < 1.29 is 4.79 Å². The van der Waals surface area contributed by atoms with Gasteiger partial charge in [-0.05, 0) is 18.4 Å². The first-order chi connectivity index (χ1) is 9.25. The molecule has 3 N–H and O–H groups in total. The fraction of sp³-hybridized carbons (Fsp3) is 0.429. The van der Waals surface area contributed by atoms with Gasteiger partial charge in [-0.25, -0.2) is 4.99 Å². The van der Waals surface area contributed by atoms with Crippen molar-refractivity contribution >= 4 is 28.8 Å². The summed E-state index contributed by atoms with van der Waals surface area (Å²) in [5.74, 6) is 0.409. The molecule has 1 saturated heterocycles. The van der Waals surface area contributed by atoms with Gasteiger partial charge in [0.25, 0.3) is 0 Å². The van der Waals surface area contributed by atoms with Gasteiger partial charge < -0.3 is 16.0 Å². The normalized spacial score (nSPS) is 14.8. The number of carbonyl (C=O) groups excluding carboxylic acids is 1. The zero-order chi connectivity index (χ0) is 13.5. The molecule has 0 spiro atoms. The number of amides is 1. The molecule has 1 aliphatic rings. The number of carbonyl (C=O) groups is 1. The van der Waals surface area contributed by atoms with E-state index >= 15 is 0 Å². The Morgan fingerprint density at radius 2 is 1.90 bits per heavy atom. The van der Waals surface area contributed by atoms with Crippen LogP contribution >= 0.6 is 17.0 Å². The first kappa shape index (κ1) is 16.5. The van der Waals surface area contributed by atoms with E-state index in [1.165, 1.54) is 0 Å². The highest BCUT2D eigenvalue weighted by atomic mass is 79.9. The van der Waals surface area contributed by atoms with E-state index in [0.29, 0.717) is 12.5 Å². The molecule has 0 unspecified atom stereocenters. The summed E-state index contributed by atoms with van der Waals surface area (Å²) < 4.78 is 0. The lowest BCUT2D eigenvalue weighted by Crippen LogP contribution is -2.41. The highest BCUT2D eigenvalue weighted by Crippen LogP contribution is 2.06. The zero-order valence-corrected chi connectivity index (χ0v) is 13.1. The molecule has 0 bridgehead atoms. The molecule has 0 radical (unpaired) electrons. The highest BCUT2D eigenvalue weighted by Gasteiger charge is 2.17. The number of rotatable bonds is 4. The largest absolute Gasteiger partial charge is 0.370 e. The minimum absolute atomic E-state index is 0. The second kappa shape index (κ2) is 8.58. The predicted molar refractivity (Wildman–Crippen MR) is 85.9 cm³/mol. The third-order valence-electron chi connectivity index (χ3n) is 3.15. The molecule has 6 heteroatoms. The van der Waals surface area contributed by atoms with Gasteiger partial charge in [0.1, 0.15) is 0 Å². The van der Waals surface area contributed by atoms with Crippen LogP contribution in [0.2, 0.25) is 0 Å². The SMILES string of the molecule is Br.NC(=NCc1ccccc1)NCC(=O)N1CCCC1. The maximum absolute atomic E-state index is 11.8. The lowest BCUT2D eigenvalue weighted by Gasteiger charge is -2.15. The van der Waals surface area contributed by atoms with Gasteiger partial charge in [0.05, 0.1) is 13.1 Å². The molecular weight excluding hydrogens is 320 g/mol. The summed E-state index contributed by atoms with van der Waals surface area (Å²) in [6.45, 7) is 2.48. The van der Waals surface area contributed by atoms with Crippen LogP contribution in [-0.2, 0) is 11.3 Å². The van der Waals surface area contributed by atoms with Gasteiger partial charge in [-0.15, -0.1) is 17.0 Å². The van der Waals surface area contributed by atoms with Crippen LogP contribution in [0.15, 0.2) is 35.3 Å². The quantitative estimate of drug-likeness (QED) is 0.640. The third-order valence-corrected chi connectivity index (χ3v) is 3.15. The summed E-state index contributed by atoms with van der Waals surface area (Å²) in [5.41, 5.74) is 6.83. The maximum atomic E-state index is 11.8. The lowest BCUT2D eigenvalue weighted by atomic mass is 10.2. The molecular formula is C14H21BrN4O. The summed E-state index contributed by atoms with van der Waals surface area (Å²) in [5, 5.41) is 2.87. The van der Waals surface area contributed by atoms with Crippen LogP contribution < -0.4 is 11.1 Å². The number of nitrogens with zero attached hydrogens (tertiary/aromatic N) is 2. The van der Waals surface area contributed by atoms with Crippen LogP contribution in [0.3, 0.4) is 0 Å². The van der Waals surface area contributed by atoms with Gasteiger partial charge in [0.2, 0.25) is 5.91 Å². The van der Waals surface area contributed by atoms with E-state index in [1.807, 2.05) is 35.2 Å². The molecule has 1 amide bonds. The van der Waals surface area contributed by atoms with E-state index in [2.05, 4.69) is 10.3 Å². The van der Waals surface area contributed by atoms with E-state index in [9.17, 15) is 4.79 Å².